The maximum atomic E-state index is 13.7. The Kier molecular flexibility index (Phi) is 7.50. The third-order valence-corrected chi connectivity index (χ3v) is 9.34. The lowest BCUT2D eigenvalue weighted by molar-refractivity contribution is -0.137. The van der Waals surface area contributed by atoms with Crippen LogP contribution in [0.2, 0.25) is 39.3 Å². The summed E-state index contributed by atoms with van der Waals surface area (Å²) >= 11 is 0. The first-order chi connectivity index (χ1) is 14.4. The fourth-order valence-corrected chi connectivity index (χ4v) is 7.11. The Morgan fingerprint density at radius 3 is 1.09 bits per heavy atom. The molecule has 0 amide bonds. The first kappa shape index (κ1) is 26.3. The van der Waals surface area contributed by atoms with Crippen molar-refractivity contribution in [1.29, 1.82) is 0 Å². The van der Waals surface area contributed by atoms with E-state index in [1.165, 1.54) is 24.3 Å². The third kappa shape index (κ3) is 6.31. The van der Waals surface area contributed by atoms with E-state index in [2.05, 4.69) is 0 Å². The molecule has 0 fully saturated rings. The van der Waals surface area contributed by atoms with Crippen LogP contribution in [0.25, 0.3) is 0 Å². The van der Waals surface area contributed by atoms with Gasteiger partial charge in [-0.1, -0.05) is 63.5 Å². The molecule has 0 heterocycles. The zero-order chi connectivity index (χ0) is 24.5. The molecule has 0 N–H and O–H groups in total. The summed E-state index contributed by atoms with van der Waals surface area (Å²) in [7, 11) is -4.63. The molecular formula is C22H30F6N2Si2. The van der Waals surface area contributed by atoms with Gasteiger partial charge in [-0.2, -0.15) is 26.3 Å². The van der Waals surface area contributed by atoms with E-state index in [0.29, 0.717) is 0 Å². The molecule has 0 radical (unpaired) electrons. The molecule has 2 rings (SSSR count). The van der Waals surface area contributed by atoms with Gasteiger partial charge >= 0.3 is 12.4 Å². The largest absolute Gasteiger partial charge is 0.418 e. The van der Waals surface area contributed by atoms with Crippen molar-refractivity contribution >= 4 is 27.8 Å². The van der Waals surface area contributed by atoms with E-state index >= 15 is 0 Å². The molecule has 0 atom stereocenters. The maximum absolute atomic E-state index is 13.7. The molecule has 2 aromatic carbocycles. The van der Waals surface area contributed by atoms with Gasteiger partial charge in [0.1, 0.15) is 16.5 Å². The molecule has 0 unspecified atom stereocenters. The van der Waals surface area contributed by atoms with E-state index in [-0.39, 0.29) is 24.5 Å². The topological polar surface area (TPSA) is 6.48 Å². The highest BCUT2D eigenvalue weighted by atomic mass is 28.3. The summed E-state index contributed by atoms with van der Waals surface area (Å²) in [6.45, 7) is 12.0. The van der Waals surface area contributed by atoms with Gasteiger partial charge in [-0.15, -0.1) is 0 Å². The zero-order valence-electron chi connectivity index (χ0n) is 19.2. The Balaban J connectivity index is 2.51. The summed E-state index contributed by atoms with van der Waals surface area (Å²) in [6, 6.07) is 10.8. The van der Waals surface area contributed by atoms with Gasteiger partial charge in [0.05, 0.1) is 11.1 Å². The van der Waals surface area contributed by atoms with E-state index < -0.39 is 40.0 Å². The number of hydrogen-bond donors (Lipinski definition) is 0. The molecule has 0 saturated carbocycles. The van der Waals surface area contributed by atoms with Crippen LogP contribution < -0.4 is 9.13 Å². The minimum absolute atomic E-state index is 0.0822. The second-order valence-electron chi connectivity index (χ2n) is 9.67. The van der Waals surface area contributed by atoms with Crippen molar-refractivity contribution in [2.45, 2.75) is 51.6 Å². The van der Waals surface area contributed by atoms with Crippen molar-refractivity contribution in [3.8, 4) is 0 Å². The molecule has 2 nitrogen and oxygen atoms in total. The third-order valence-electron chi connectivity index (χ3n) is 5.17. The lowest BCUT2D eigenvalue weighted by Crippen LogP contribution is -2.54. The van der Waals surface area contributed by atoms with Gasteiger partial charge in [0.2, 0.25) is 0 Å². The molecule has 0 saturated heterocycles. The highest BCUT2D eigenvalue weighted by Gasteiger charge is 2.39. The number of para-hydroxylation sites is 2. The first-order valence-corrected chi connectivity index (χ1v) is 17.2. The lowest BCUT2D eigenvalue weighted by Gasteiger charge is -2.43. The maximum Gasteiger partial charge on any atom is 0.418 e. The molecule has 0 aliphatic rings. The summed E-state index contributed by atoms with van der Waals surface area (Å²) in [5, 5.41) is 0. The Hall–Kier alpha value is -1.95. The molecule has 0 aromatic heterocycles. The quantitative estimate of drug-likeness (QED) is 0.289. The van der Waals surface area contributed by atoms with Crippen molar-refractivity contribution in [1.82, 2.24) is 0 Å². The number of benzene rings is 2. The van der Waals surface area contributed by atoms with E-state index in [1.54, 1.807) is 21.3 Å². The average molecular weight is 493 g/mol. The van der Waals surface area contributed by atoms with Crippen molar-refractivity contribution < 1.29 is 26.3 Å². The summed E-state index contributed by atoms with van der Waals surface area (Å²) in [5.41, 5.74) is -1.28. The number of hydrogen-bond acceptors (Lipinski definition) is 2. The summed E-state index contributed by atoms with van der Waals surface area (Å²) in [4.78, 5) is 0. The Morgan fingerprint density at radius 1 is 0.562 bits per heavy atom. The van der Waals surface area contributed by atoms with Gasteiger partial charge < -0.3 is 9.13 Å². The van der Waals surface area contributed by atoms with E-state index in [0.717, 1.165) is 12.1 Å². The smallest absolute Gasteiger partial charge is 0.396 e. The minimum atomic E-state index is -4.52. The van der Waals surface area contributed by atoms with Crippen LogP contribution in [0, 0.1) is 0 Å². The SMILES string of the molecule is C[Si](C)(C)N(CCN(c1ccccc1C(F)(F)F)[Si](C)(C)C)c1ccccc1C(F)(F)F. The number of alkyl halides is 6. The summed E-state index contributed by atoms with van der Waals surface area (Å²) in [6.07, 6.45) is -9.04. The fourth-order valence-electron chi connectivity index (χ4n) is 3.73. The monoisotopic (exact) mass is 492 g/mol. The van der Waals surface area contributed by atoms with Gasteiger partial charge in [-0.25, -0.2) is 0 Å². The Bertz CT molecular complexity index is 839. The van der Waals surface area contributed by atoms with E-state index in [4.69, 9.17) is 0 Å². The lowest BCUT2D eigenvalue weighted by atomic mass is 10.1. The molecule has 0 bridgehead atoms. The number of anilines is 2. The van der Waals surface area contributed by atoms with Gasteiger partial charge in [0.15, 0.2) is 0 Å². The molecular weight excluding hydrogens is 462 g/mol. The highest BCUT2D eigenvalue weighted by Crippen LogP contribution is 2.40. The van der Waals surface area contributed by atoms with Crippen LogP contribution in [0.3, 0.4) is 0 Å². The number of rotatable bonds is 7. The molecule has 0 aliphatic carbocycles. The van der Waals surface area contributed by atoms with Gasteiger partial charge in [-0.3, -0.25) is 0 Å². The highest BCUT2D eigenvalue weighted by molar-refractivity contribution is 6.80. The molecule has 2 aromatic rings. The van der Waals surface area contributed by atoms with Gasteiger partial charge in [0.25, 0.3) is 0 Å². The van der Waals surface area contributed by atoms with Crippen LogP contribution in [0.1, 0.15) is 11.1 Å². The van der Waals surface area contributed by atoms with Crippen LogP contribution in [-0.4, -0.2) is 29.6 Å². The second-order valence-corrected chi connectivity index (χ2v) is 19.4. The van der Waals surface area contributed by atoms with Gasteiger partial charge in [-0.05, 0) is 24.3 Å². The van der Waals surface area contributed by atoms with Crippen LogP contribution >= 0.6 is 0 Å². The summed E-state index contributed by atoms with van der Waals surface area (Å²) in [5.74, 6) is 0. The average Bonchev–Trinajstić information content (AvgIpc) is 2.62. The minimum Gasteiger partial charge on any atom is -0.396 e. The predicted molar refractivity (Wildman–Crippen MR) is 124 cm³/mol. The molecule has 0 spiro atoms. The number of nitrogens with zero attached hydrogens (tertiary/aromatic N) is 2. The standard InChI is InChI=1S/C22H30F6N2Si2/c1-31(2,3)29(19-13-9-7-11-17(19)21(23,24)25)15-16-30(32(4,5)6)20-14-10-8-12-18(20)22(26,27)28/h7-14H,15-16H2,1-6H3. The normalized spacial score (nSPS) is 13.2. The van der Waals surface area contributed by atoms with Crippen LogP contribution in [0.4, 0.5) is 37.7 Å². The van der Waals surface area contributed by atoms with Crippen molar-refractivity contribution in [2.75, 3.05) is 22.2 Å². The van der Waals surface area contributed by atoms with Crippen molar-refractivity contribution in [3.63, 3.8) is 0 Å². The summed E-state index contributed by atoms with van der Waals surface area (Å²) < 4.78 is 85.7. The van der Waals surface area contributed by atoms with E-state index in [1.807, 2.05) is 39.3 Å². The van der Waals surface area contributed by atoms with E-state index in [9.17, 15) is 26.3 Å². The molecule has 10 heteroatoms. The molecule has 178 valence electrons. The van der Waals surface area contributed by atoms with Crippen molar-refractivity contribution in [3.05, 3.63) is 59.7 Å². The Labute approximate surface area is 188 Å². The molecule has 32 heavy (non-hydrogen) atoms. The Morgan fingerprint density at radius 2 is 0.844 bits per heavy atom. The van der Waals surface area contributed by atoms with Crippen molar-refractivity contribution in [2.24, 2.45) is 0 Å². The van der Waals surface area contributed by atoms with Crippen LogP contribution in [0.5, 0.6) is 0 Å². The van der Waals surface area contributed by atoms with Crippen LogP contribution in [0.15, 0.2) is 48.5 Å². The fraction of sp³-hybridized carbons (Fsp3) is 0.455. The first-order valence-electron chi connectivity index (χ1n) is 10.3. The predicted octanol–water partition coefficient (Wildman–Crippen LogP) is 7.71. The van der Waals surface area contributed by atoms with Gasteiger partial charge in [0, 0.05) is 24.5 Å². The second kappa shape index (κ2) is 9.13. The number of halogens is 6. The zero-order valence-corrected chi connectivity index (χ0v) is 21.2. The molecule has 0 aliphatic heterocycles. The van der Waals surface area contributed by atoms with Crippen LogP contribution in [-0.2, 0) is 12.4 Å².